The minimum atomic E-state index is -0.894. The molecule has 3 rings (SSSR count). The molecule has 0 radical (unpaired) electrons. The molecule has 0 N–H and O–H groups in total. The quantitative estimate of drug-likeness (QED) is 0.820. The average Bonchev–Trinajstić information content (AvgIpc) is 2.42. The van der Waals surface area contributed by atoms with E-state index in [1.165, 1.54) is 19.6 Å². The SMILES string of the molecule is COc1ccc(C2=CC3CCCC(C2)N3C)c(F)c1F. The highest BCUT2D eigenvalue weighted by Crippen LogP contribution is 2.38. The summed E-state index contributed by atoms with van der Waals surface area (Å²) in [5, 5.41) is 0. The first-order valence-electron chi connectivity index (χ1n) is 7.06. The van der Waals surface area contributed by atoms with Gasteiger partial charge in [0.15, 0.2) is 11.6 Å². The van der Waals surface area contributed by atoms with E-state index in [0.717, 1.165) is 24.8 Å². The summed E-state index contributed by atoms with van der Waals surface area (Å²) in [4.78, 5) is 2.35. The Kier molecular flexibility index (Phi) is 3.50. The van der Waals surface area contributed by atoms with Gasteiger partial charge in [-0.1, -0.05) is 12.5 Å². The third-order valence-corrected chi connectivity index (χ3v) is 4.60. The molecule has 1 fully saturated rings. The van der Waals surface area contributed by atoms with Crippen molar-refractivity contribution in [2.24, 2.45) is 0 Å². The number of fused-ring (bicyclic) bond motifs is 2. The van der Waals surface area contributed by atoms with E-state index in [1.54, 1.807) is 6.07 Å². The second kappa shape index (κ2) is 5.17. The van der Waals surface area contributed by atoms with E-state index < -0.39 is 11.6 Å². The van der Waals surface area contributed by atoms with E-state index in [2.05, 4.69) is 18.0 Å². The molecule has 2 unspecified atom stereocenters. The van der Waals surface area contributed by atoms with Crippen LogP contribution in [-0.4, -0.2) is 31.1 Å². The Morgan fingerprint density at radius 3 is 2.70 bits per heavy atom. The summed E-state index contributed by atoms with van der Waals surface area (Å²) >= 11 is 0. The van der Waals surface area contributed by atoms with Gasteiger partial charge >= 0.3 is 0 Å². The number of piperidine rings is 1. The molecule has 1 aromatic carbocycles. The summed E-state index contributed by atoms with van der Waals surface area (Å²) in [5.74, 6) is -1.73. The van der Waals surface area contributed by atoms with E-state index in [9.17, 15) is 8.78 Å². The summed E-state index contributed by atoms with van der Waals surface area (Å²) in [6.45, 7) is 0. The van der Waals surface area contributed by atoms with Gasteiger partial charge in [-0.2, -0.15) is 4.39 Å². The zero-order valence-corrected chi connectivity index (χ0v) is 11.8. The zero-order chi connectivity index (χ0) is 14.3. The normalized spacial score (nSPS) is 26.3. The van der Waals surface area contributed by atoms with Gasteiger partial charge in [-0.3, -0.25) is 4.90 Å². The van der Waals surface area contributed by atoms with Crippen LogP contribution >= 0.6 is 0 Å². The van der Waals surface area contributed by atoms with E-state index in [-0.39, 0.29) is 5.75 Å². The molecular weight excluding hydrogens is 260 g/mol. The molecule has 0 aliphatic carbocycles. The molecule has 2 atom stereocenters. The van der Waals surface area contributed by atoms with Crippen molar-refractivity contribution in [1.82, 2.24) is 4.90 Å². The predicted molar refractivity (Wildman–Crippen MR) is 74.7 cm³/mol. The molecule has 0 saturated carbocycles. The van der Waals surface area contributed by atoms with E-state index in [0.29, 0.717) is 17.6 Å². The van der Waals surface area contributed by atoms with E-state index >= 15 is 0 Å². The number of nitrogens with zero attached hydrogens (tertiary/aromatic N) is 1. The highest BCUT2D eigenvalue weighted by atomic mass is 19.2. The van der Waals surface area contributed by atoms with Crippen molar-refractivity contribution < 1.29 is 13.5 Å². The van der Waals surface area contributed by atoms with Crippen LogP contribution in [0.2, 0.25) is 0 Å². The Labute approximate surface area is 118 Å². The van der Waals surface area contributed by atoms with Crippen LogP contribution < -0.4 is 4.74 Å². The minimum Gasteiger partial charge on any atom is -0.494 e. The highest BCUT2D eigenvalue weighted by Gasteiger charge is 2.32. The van der Waals surface area contributed by atoms with Gasteiger partial charge in [-0.15, -0.1) is 0 Å². The van der Waals surface area contributed by atoms with Crippen molar-refractivity contribution in [3.8, 4) is 5.75 Å². The van der Waals surface area contributed by atoms with Crippen LogP contribution in [0.5, 0.6) is 5.75 Å². The lowest BCUT2D eigenvalue weighted by Crippen LogP contribution is -2.45. The smallest absolute Gasteiger partial charge is 0.201 e. The summed E-state index contributed by atoms with van der Waals surface area (Å²) < 4.78 is 32.9. The molecule has 2 aliphatic heterocycles. The molecular formula is C16H19F2NO. The Balaban J connectivity index is 2.00. The monoisotopic (exact) mass is 279 g/mol. The Morgan fingerprint density at radius 1 is 1.20 bits per heavy atom. The number of ether oxygens (including phenoxy) is 1. The first-order chi connectivity index (χ1) is 9.61. The molecule has 1 saturated heterocycles. The summed E-state index contributed by atoms with van der Waals surface area (Å²) in [7, 11) is 3.46. The van der Waals surface area contributed by atoms with Gasteiger partial charge in [-0.25, -0.2) is 4.39 Å². The molecule has 0 aromatic heterocycles. The van der Waals surface area contributed by atoms with Crippen LogP contribution in [0.4, 0.5) is 8.78 Å². The van der Waals surface area contributed by atoms with Crippen molar-refractivity contribution in [2.75, 3.05) is 14.2 Å². The minimum absolute atomic E-state index is 0.0417. The fourth-order valence-electron chi connectivity index (χ4n) is 3.38. The fourth-order valence-corrected chi connectivity index (χ4v) is 3.38. The van der Waals surface area contributed by atoms with Crippen molar-refractivity contribution in [1.29, 1.82) is 0 Å². The first kappa shape index (κ1) is 13.6. The number of likely N-dealkylation sites (N-methyl/N-ethyl adjacent to an activating group) is 1. The van der Waals surface area contributed by atoms with Crippen molar-refractivity contribution in [3.05, 3.63) is 35.4 Å². The lowest BCUT2D eigenvalue weighted by Gasteiger charge is -2.42. The molecule has 4 heteroatoms. The van der Waals surface area contributed by atoms with Crippen LogP contribution in [0.25, 0.3) is 5.57 Å². The first-order valence-corrected chi connectivity index (χ1v) is 7.06. The van der Waals surface area contributed by atoms with E-state index in [4.69, 9.17) is 4.74 Å². The highest BCUT2D eigenvalue weighted by molar-refractivity contribution is 5.69. The third-order valence-electron chi connectivity index (χ3n) is 4.60. The molecule has 20 heavy (non-hydrogen) atoms. The molecule has 2 heterocycles. The molecule has 1 aromatic rings. The van der Waals surface area contributed by atoms with Crippen LogP contribution in [0.1, 0.15) is 31.2 Å². The van der Waals surface area contributed by atoms with Crippen LogP contribution in [0.3, 0.4) is 0 Å². The van der Waals surface area contributed by atoms with Gasteiger partial charge in [0.1, 0.15) is 0 Å². The second-order valence-electron chi connectivity index (χ2n) is 5.66. The van der Waals surface area contributed by atoms with Gasteiger partial charge in [0.2, 0.25) is 5.82 Å². The maximum atomic E-state index is 14.2. The van der Waals surface area contributed by atoms with Crippen molar-refractivity contribution in [2.45, 2.75) is 37.8 Å². The Hall–Kier alpha value is -1.42. The summed E-state index contributed by atoms with van der Waals surface area (Å²) in [6.07, 6.45) is 6.32. The molecule has 0 amide bonds. The van der Waals surface area contributed by atoms with Gasteiger partial charge in [0.25, 0.3) is 0 Å². The van der Waals surface area contributed by atoms with Crippen LogP contribution in [0.15, 0.2) is 18.2 Å². The maximum absolute atomic E-state index is 14.2. The number of halogens is 2. The molecule has 2 bridgehead atoms. The fraction of sp³-hybridized carbons (Fsp3) is 0.500. The number of hydrogen-bond donors (Lipinski definition) is 0. The van der Waals surface area contributed by atoms with Crippen molar-refractivity contribution in [3.63, 3.8) is 0 Å². The lowest BCUT2D eigenvalue weighted by molar-refractivity contribution is 0.137. The average molecular weight is 279 g/mol. The summed E-state index contributed by atoms with van der Waals surface area (Å²) in [5.41, 5.74) is 1.31. The van der Waals surface area contributed by atoms with Gasteiger partial charge in [0, 0.05) is 17.6 Å². The Bertz CT molecular complexity index is 556. The second-order valence-corrected chi connectivity index (χ2v) is 5.66. The lowest BCUT2D eigenvalue weighted by atomic mass is 9.83. The predicted octanol–water partition coefficient (Wildman–Crippen LogP) is 3.61. The van der Waals surface area contributed by atoms with E-state index in [1.807, 2.05) is 0 Å². The largest absolute Gasteiger partial charge is 0.494 e. The number of hydrogen-bond acceptors (Lipinski definition) is 2. The molecule has 2 nitrogen and oxygen atoms in total. The zero-order valence-electron chi connectivity index (χ0n) is 11.8. The van der Waals surface area contributed by atoms with Crippen LogP contribution in [0, 0.1) is 11.6 Å². The number of rotatable bonds is 2. The van der Waals surface area contributed by atoms with Crippen molar-refractivity contribution >= 4 is 5.57 Å². The van der Waals surface area contributed by atoms with Crippen LogP contribution in [-0.2, 0) is 0 Å². The standard InChI is InChI=1S/C16H19F2NO/c1-19-11-4-3-5-12(19)9-10(8-11)13-6-7-14(20-2)16(18)15(13)17/h6-8,11-12H,3-5,9H2,1-2H3. The molecule has 2 aliphatic rings. The number of benzene rings is 1. The van der Waals surface area contributed by atoms with Gasteiger partial charge in [0.05, 0.1) is 7.11 Å². The third kappa shape index (κ3) is 2.12. The Morgan fingerprint density at radius 2 is 2.00 bits per heavy atom. The molecule has 108 valence electrons. The maximum Gasteiger partial charge on any atom is 0.201 e. The molecule has 0 spiro atoms. The van der Waals surface area contributed by atoms with Gasteiger partial charge < -0.3 is 4.74 Å². The van der Waals surface area contributed by atoms with Gasteiger partial charge in [-0.05, 0) is 44.0 Å². The topological polar surface area (TPSA) is 12.5 Å². The number of methoxy groups -OCH3 is 1. The summed E-state index contributed by atoms with van der Waals surface area (Å²) in [6, 6.07) is 3.92.